The van der Waals surface area contributed by atoms with Crippen LogP contribution in [0.2, 0.25) is 5.02 Å². The minimum absolute atomic E-state index is 0.0119. The molecule has 0 saturated carbocycles. The Bertz CT molecular complexity index is 1080. The van der Waals surface area contributed by atoms with Crippen molar-refractivity contribution in [3.8, 4) is 5.75 Å². The molecule has 2 aromatic rings. The predicted molar refractivity (Wildman–Crippen MR) is 113 cm³/mol. The Kier molecular flexibility index (Phi) is 8.46. The Morgan fingerprint density at radius 1 is 1.06 bits per heavy atom. The molecule has 0 bridgehead atoms. The van der Waals surface area contributed by atoms with Gasteiger partial charge in [0.2, 0.25) is 23.4 Å². The third kappa shape index (κ3) is 6.67. The second kappa shape index (κ2) is 11.3. The van der Waals surface area contributed by atoms with Crippen LogP contribution in [0.3, 0.4) is 0 Å². The normalized spacial score (nSPS) is 14.3. The van der Waals surface area contributed by atoms with Crippen LogP contribution in [0.15, 0.2) is 30.3 Å². The van der Waals surface area contributed by atoms with Crippen LogP contribution in [0.25, 0.3) is 0 Å². The van der Waals surface area contributed by atoms with Crippen molar-refractivity contribution in [3.63, 3.8) is 0 Å². The third-order valence-corrected chi connectivity index (χ3v) is 5.19. The minimum atomic E-state index is -1.77. The first-order chi connectivity index (χ1) is 16.1. The van der Waals surface area contributed by atoms with Gasteiger partial charge in [0, 0.05) is 30.7 Å². The third-order valence-electron chi connectivity index (χ3n) is 4.96. The van der Waals surface area contributed by atoms with E-state index in [0.717, 1.165) is 5.56 Å². The Hall–Kier alpha value is -3.18. The van der Waals surface area contributed by atoms with Gasteiger partial charge in [0.15, 0.2) is 23.2 Å². The number of rotatable bonds is 9. The standard InChI is InChI=1S/C22H20ClF4N3O4/c23-14-3-1-2-13(6-14)9-29-4-5-30(19(33)11-29)10-18(32)28-8-15(31)12-34-22-20(26)16(24)7-17(25)21(22)27/h1-3,6-7H,4-5,8-12H2,(H,28,32). The van der Waals surface area contributed by atoms with E-state index < -0.39 is 53.9 Å². The molecule has 1 fully saturated rings. The minimum Gasteiger partial charge on any atom is -0.479 e. The van der Waals surface area contributed by atoms with Crippen LogP contribution in [0.1, 0.15) is 5.56 Å². The average Bonchev–Trinajstić information content (AvgIpc) is 2.78. The van der Waals surface area contributed by atoms with Crippen molar-refractivity contribution in [1.82, 2.24) is 15.1 Å². The molecule has 1 aliphatic rings. The highest BCUT2D eigenvalue weighted by Gasteiger charge is 2.26. The van der Waals surface area contributed by atoms with E-state index >= 15 is 0 Å². The molecule has 182 valence electrons. The van der Waals surface area contributed by atoms with E-state index in [2.05, 4.69) is 10.1 Å². The summed E-state index contributed by atoms with van der Waals surface area (Å²) >= 11 is 5.97. The summed E-state index contributed by atoms with van der Waals surface area (Å²) < 4.78 is 57.9. The first kappa shape index (κ1) is 25.4. The van der Waals surface area contributed by atoms with Gasteiger partial charge in [0.1, 0.15) is 6.61 Å². The molecular weight excluding hydrogens is 482 g/mol. The van der Waals surface area contributed by atoms with Gasteiger partial charge in [-0.25, -0.2) is 8.78 Å². The van der Waals surface area contributed by atoms with Crippen LogP contribution >= 0.6 is 11.6 Å². The number of hydrogen-bond acceptors (Lipinski definition) is 5. The molecule has 1 heterocycles. The fourth-order valence-electron chi connectivity index (χ4n) is 3.26. The van der Waals surface area contributed by atoms with Crippen molar-refractivity contribution < 1.29 is 36.7 Å². The summed E-state index contributed by atoms with van der Waals surface area (Å²) in [6, 6.07) is 7.28. The van der Waals surface area contributed by atoms with Crippen molar-refractivity contribution in [1.29, 1.82) is 0 Å². The molecule has 1 aliphatic heterocycles. The number of nitrogens with one attached hydrogen (secondary N) is 1. The van der Waals surface area contributed by atoms with Gasteiger partial charge in [-0.1, -0.05) is 23.7 Å². The number of halogens is 5. The molecule has 0 radical (unpaired) electrons. The highest BCUT2D eigenvalue weighted by atomic mass is 35.5. The lowest BCUT2D eigenvalue weighted by atomic mass is 10.2. The fraction of sp³-hybridized carbons (Fsp3) is 0.318. The van der Waals surface area contributed by atoms with E-state index in [4.69, 9.17) is 11.6 Å². The zero-order chi connectivity index (χ0) is 24.8. The zero-order valence-corrected chi connectivity index (χ0v) is 18.5. The van der Waals surface area contributed by atoms with Gasteiger partial charge in [-0.05, 0) is 17.7 Å². The van der Waals surface area contributed by atoms with E-state index in [1.807, 2.05) is 17.0 Å². The van der Waals surface area contributed by atoms with Gasteiger partial charge in [-0.15, -0.1) is 0 Å². The van der Waals surface area contributed by atoms with E-state index in [1.165, 1.54) is 4.90 Å². The number of carbonyl (C=O) groups excluding carboxylic acids is 3. The molecule has 0 aliphatic carbocycles. The van der Waals surface area contributed by atoms with Crippen molar-refractivity contribution in [2.75, 3.05) is 39.3 Å². The molecule has 0 atom stereocenters. The smallest absolute Gasteiger partial charge is 0.239 e. The van der Waals surface area contributed by atoms with E-state index in [0.29, 0.717) is 24.7 Å². The second-order valence-corrected chi connectivity index (χ2v) is 7.99. The van der Waals surface area contributed by atoms with Crippen molar-refractivity contribution in [2.45, 2.75) is 6.54 Å². The largest absolute Gasteiger partial charge is 0.479 e. The summed E-state index contributed by atoms with van der Waals surface area (Å²) in [5, 5.41) is 2.86. The number of ketones is 1. The molecule has 12 heteroatoms. The molecule has 7 nitrogen and oxygen atoms in total. The Labute approximate surface area is 197 Å². The number of carbonyl (C=O) groups is 3. The van der Waals surface area contributed by atoms with Crippen molar-refractivity contribution in [2.24, 2.45) is 0 Å². The van der Waals surface area contributed by atoms with E-state index in [-0.39, 0.29) is 25.1 Å². The molecule has 0 aromatic heterocycles. The first-order valence-corrected chi connectivity index (χ1v) is 10.5. The van der Waals surface area contributed by atoms with Gasteiger partial charge >= 0.3 is 0 Å². The van der Waals surface area contributed by atoms with Crippen LogP contribution in [-0.2, 0) is 20.9 Å². The topological polar surface area (TPSA) is 79.0 Å². The molecule has 34 heavy (non-hydrogen) atoms. The molecular formula is C22H20ClF4N3O4. The lowest BCUT2D eigenvalue weighted by molar-refractivity contribution is -0.140. The summed E-state index contributed by atoms with van der Waals surface area (Å²) in [4.78, 5) is 39.6. The molecule has 0 spiro atoms. The van der Waals surface area contributed by atoms with Crippen LogP contribution in [0.4, 0.5) is 17.6 Å². The number of nitrogens with zero attached hydrogens (tertiary/aromatic N) is 2. The van der Waals surface area contributed by atoms with Crippen LogP contribution in [0.5, 0.6) is 5.75 Å². The summed E-state index contributed by atoms with van der Waals surface area (Å²) in [7, 11) is 0. The first-order valence-electron chi connectivity index (χ1n) is 10.1. The van der Waals surface area contributed by atoms with Gasteiger partial charge in [0.05, 0.1) is 19.6 Å². The van der Waals surface area contributed by atoms with Crippen LogP contribution < -0.4 is 10.1 Å². The van der Waals surface area contributed by atoms with Gasteiger partial charge in [0.25, 0.3) is 0 Å². The number of piperazine rings is 1. The van der Waals surface area contributed by atoms with Gasteiger partial charge in [-0.3, -0.25) is 19.3 Å². The maximum absolute atomic E-state index is 13.5. The predicted octanol–water partition coefficient (Wildman–Crippen LogP) is 2.30. The second-order valence-electron chi connectivity index (χ2n) is 7.56. The fourth-order valence-corrected chi connectivity index (χ4v) is 3.47. The lowest BCUT2D eigenvalue weighted by Crippen LogP contribution is -2.53. The summed E-state index contributed by atoms with van der Waals surface area (Å²) in [6.07, 6.45) is 0. The number of hydrogen-bond donors (Lipinski definition) is 1. The Morgan fingerprint density at radius 3 is 2.41 bits per heavy atom. The molecule has 2 amide bonds. The number of ether oxygens (including phenoxy) is 1. The van der Waals surface area contributed by atoms with Crippen molar-refractivity contribution in [3.05, 3.63) is 64.2 Å². The number of amides is 2. The monoisotopic (exact) mass is 501 g/mol. The molecule has 3 rings (SSSR count). The highest BCUT2D eigenvalue weighted by molar-refractivity contribution is 6.30. The summed E-state index contributed by atoms with van der Waals surface area (Å²) in [5.41, 5.74) is 0.952. The Balaban J connectivity index is 1.41. The van der Waals surface area contributed by atoms with Crippen LogP contribution in [0, 0.1) is 23.3 Å². The van der Waals surface area contributed by atoms with Crippen LogP contribution in [-0.4, -0.2) is 66.7 Å². The van der Waals surface area contributed by atoms with Gasteiger partial charge in [-0.2, -0.15) is 8.78 Å². The number of Topliss-reactive ketones (excluding diaryl/α,β-unsaturated/α-hetero) is 1. The van der Waals surface area contributed by atoms with Gasteiger partial charge < -0.3 is 15.0 Å². The SMILES string of the molecule is O=C(CNC(=O)CN1CCN(Cc2cccc(Cl)c2)CC1=O)COc1c(F)c(F)cc(F)c1F. The zero-order valence-electron chi connectivity index (χ0n) is 17.8. The number of benzene rings is 2. The molecule has 0 unspecified atom stereocenters. The summed E-state index contributed by atoms with van der Waals surface area (Å²) in [5.74, 6) is -9.96. The average molecular weight is 502 g/mol. The molecule has 1 saturated heterocycles. The van der Waals surface area contributed by atoms with Crippen molar-refractivity contribution >= 4 is 29.2 Å². The molecule has 1 N–H and O–H groups in total. The maximum Gasteiger partial charge on any atom is 0.239 e. The van der Waals surface area contributed by atoms with E-state index in [9.17, 15) is 31.9 Å². The molecule has 2 aromatic carbocycles. The summed E-state index contributed by atoms with van der Waals surface area (Å²) in [6.45, 7) is -0.324. The highest BCUT2D eigenvalue weighted by Crippen LogP contribution is 2.26. The Morgan fingerprint density at radius 2 is 1.76 bits per heavy atom. The maximum atomic E-state index is 13.5. The quantitative estimate of drug-likeness (QED) is 0.421. The van der Waals surface area contributed by atoms with E-state index in [1.54, 1.807) is 12.1 Å². The lowest BCUT2D eigenvalue weighted by Gasteiger charge is -2.33.